The molecule has 20 heavy (non-hydrogen) atoms. The Morgan fingerprint density at radius 3 is 3.20 bits per heavy atom. The van der Waals surface area contributed by atoms with Crippen LogP contribution in [0.15, 0.2) is 18.2 Å². The number of nitrogens with one attached hydrogen (secondary N) is 1. The van der Waals surface area contributed by atoms with E-state index >= 15 is 0 Å². The molecule has 0 saturated carbocycles. The van der Waals surface area contributed by atoms with Gasteiger partial charge in [0.1, 0.15) is 11.6 Å². The first kappa shape index (κ1) is 15.1. The van der Waals surface area contributed by atoms with Crippen LogP contribution in [0, 0.1) is 5.82 Å². The van der Waals surface area contributed by atoms with Crippen molar-refractivity contribution >= 4 is 17.7 Å². The Balaban J connectivity index is 2.04. The largest absolute Gasteiger partial charge is 0.493 e. The second-order valence-electron chi connectivity index (χ2n) is 4.77. The van der Waals surface area contributed by atoms with Crippen LogP contribution in [0.2, 0.25) is 0 Å². The summed E-state index contributed by atoms with van der Waals surface area (Å²) in [5.74, 6) is 0.940. The number of thioether (sulfide) groups is 1. The molecule has 1 aliphatic rings. The second kappa shape index (κ2) is 6.95. The Hall–Kier alpha value is -1.27. The minimum absolute atomic E-state index is 0.193. The minimum atomic E-state index is -0.526. The van der Waals surface area contributed by atoms with E-state index in [9.17, 15) is 9.18 Å². The van der Waals surface area contributed by atoms with Crippen LogP contribution in [0.3, 0.4) is 0 Å². The molecule has 0 saturated heterocycles. The molecule has 2 atom stereocenters. The van der Waals surface area contributed by atoms with Gasteiger partial charge in [0.2, 0.25) is 5.91 Å². The molecule has 2 unspecified atom stereocenters. The van der Waals surface area contributed by atoms with Gasteiger partial charge < -0.3 is 15.8 Å². The van der Waals surface area contributed by atoms with Crippen molar-refractivity contribution in [1.29, 1.82) is 0 Å². The van der Waals surface area contributed by atoms with Crippen molar-refractivity contribution in [2.24, 2.45) is 5.73 Å². The van der Waals surface area contributed by atoms with Gasteiger partial charge in [-0.25, -0.2) is 4.39 Å². The fourth-order valence-electron chi connectivity index (χ4n) is 2.17. The summed E-state index contributed by atoms with van der Waals surface area (Å²) in [5.41, 5.74) is 6.52. The Bertz CT molecular complexity index is 484. The molecule has 6 heteroatoms. The summed E-state index contributed by atoms with van der Waals surface area (Å²) in [6.45, 7) is 0.504. The zero-order chi connectivity index (χ0) is 14.5. The summed E-state index contributed by atoms with van der Waals surface area (Å²) in [6, 6.07) is 3.60. The predicted molar refractivity (Wildman–Crippen MR) is 78.4 cm³/mol. The van der Waals surface area contributed by atoms with E-state index < -0.39 is 6.04 Å². The maximum Gasteiger partial charge on any atom is 0.237 e. The van der Waals surface area contributed by atoms with Crippen LogP contribution in [0.4, 0.5) is 4.39 Å². The molecule has 1 heterocycles. The van der Waals surface area contributed by atoms with Gasteiger partial charge >= 0.3 is 0 Å². The van der Waals surface area contributed by atoms with Gasteiger partial charge in [-0.3, -0.25) is 4.79 Å². The molecule has 0 fully saturated rings. The van der Waals surface area contributed by atoms with Crippen molar-refractivity contribution in [1.82, 2.24) is 5.32 Å². The number of benzene rings is 1. The average molecular weight is 298 g/mol. The van der Waals surface area contributed by atoms with E-state index in [0.29, 0.717) is 30.8 Å². The van der Waals surface area contributed by atoms with Crippen molar-refractivity contribution in [2.45, 2.75) is 24.9 Å². The molecular weight excluding hydrogens is 279 g/mol. The summed E-state index contributed by atoms with van der Waals surface area (Å²) in [6.07, 6.45) is 3.23. The highest BCUT2D eigenvalue weighted by Crippen LogP contribution is 2.32. The van der Waals surface area contributed by atoms with Crippen molar-refractivity contribution < 1.29 is 13.9 Å². The molecule has 1 aliphatic heterocycles. The van der Waals surface area contributed by atoms with Gasteiger partial charge in [-0.2, -0.15) is 11.8 Å². The van der Waals surface area contributed by atoms with E-state index in [0.717, 1.165) is 5.75 Å². The van der Waals surface area contributed by atoms with E-state index in [1.165, 1.54) is 12.1 Å². The van der Waals surface area contributed by atoms with Crippen LogP contribution in [0.25, 0.3) is 0 Å². The third kappa shape index (κ3) is 3.64. The standard InChI is InChI=1S/C14H19FN2O2S/c1-20-7-5-11(16)14(18)17-12-4-6-19-13-3-2-9(15)8-10(12)13/h2-3,8,11-12H,4-7,16H2,1H3,(H,17,18). The molecule has 110 valence electrons. The molecule has 2 rings (SSSR count). The van der Waals surface area contributed by atoms with Gasteiger partial charge in [-0.15, -0.1) is 0 Å². The first-order valence-corrected chi connectivity index (χ1v) is 7.98. The molecule has 0 aromatic heterocycles. The first-order valence-electron chi connectivity index (χ1n) is 6.59. The third-order valence-electron chi connectivity index (χ3n) is 3.30. The van der Waals surface area contributed by atoms with Crippen molar-refractivity contribution in [2.75, 3.05) is 18.6 Å². The summed E-state index contributed by atoms with van der Waals surface area (Å²) in [5, 5.41) is 2.89. The summed E-state index contributed by atoms with van der Waals surface area (Å²) >= 11 is 1.65. The molecule has 0 radical (unpaired) electrons. The quantitative estimate of drug-likeness (QED) is 0.870. The van der Waals surface area contributed by atoms with Gasteiger partial charge in [0, 0.05) is 12.0 Å². The van der Waals surface area contributed by atoms with E-state index in [2.05, 4.69) is 5.32 Å². The molecule has 3 N–H and O–H groups in total. The summed E-state index contributed by atoms with van der Waals surface area (Å²) < 4.78 is 18.8. The molecule has 1 aromatic rings. The average Bonchev–Trinajstić information content (AvgIpc) is 2.45. The van der Waals surface area contributed by atoms with Gasteiger partial charge in [0.05, 0.1) is 18.7 Å². The van der Waals surface area contributed by atoms with Gasteiger partial charge in [0.15, 0.2) is 0 Å². The van der Waals surface area contributed by atoms with Crippen LogP contribution < -0.4 is 15.8 Å². The Morgan fingerprint density at radius 1 is 1.65 bits per heavy atom. The van der Waals surface area contributed by atoms with E-state index in [1.54, 1.807) is 17.8 Å². The van der Waals surface area contributed by atoms with E-state index in [1.807, 2.05) is 6.26 Å². The molecular formula is C14H19FN2O2S. The molecule has 0 bridgehead atoms. The maximum atomic E-state index is 13.3. The number of fused-ring (bicyclic) bond motifs is 1. The monoisotopic (exact) mass is 298 g/mol. The van der Waals surface area contributed by atoms with Gasteiger partial charge in [-0.1, -0.05) is 0 Å². The third-order valence-corrected chi connectivity index (χ3v) is 3.94. The molecule has 4 nitrogen and oxygen atoms in total. The van der Waals surface area contributed by atoms with Crippen LogP contribution in [0.1, 0.15) is 24.4 Å². The lowest BCUT2D eigenvalue weighted by atomic mass is 10.00. The fourth-order valence-corrected chi connectivity index (χ4v) is 2.66. The fraction of sp³-hybridized carbons (Fsp3) is 0.500. The number of nitrogens with two attached hydrogens (primary N) is 1. The lowest BCUT2D eigenvalue weighted by molar-refractivity contribution is -0.123. The van der Waals surface area contributed by atoms with Gasteiger partial charge in [0.25, 0.3) is 0 Å². The van der Waals surface area contributed by atoms with Crippen LogP contribution in [-0.4, -0.2) is 30.6 Å². The summed E-state index contributed by atoms with van der Waals surface area (Å²) in [7, 11) is 0. The maximum absolute atomic E-state index is 13.3. The van der Waals surface area contributed by atoms with Crippen LogP contribution in [-0.2, 0) is 4.79 Å². The number of carbonyl (C=O) groups excluding carboxylic acids is 1. The number of rotatable bonds is 5. The van der Waals surface area contributed by atoms with Crippen molar-refractivity contribution in [3.63, 3.8) is 0 Å². The smallest absolute Gasteiger partial charge is 0.237 e. The number of hydrogen-bond acceptors (Lipinski definition) is 4. The highest BCUT2D eigenvalue weighted by Gasteiger charge is 2.25. The number of ether oxygens (including phenoxy) is 1. The number of carbonyl (C=O) groups is 1. The number of hydrogen-bond donors (Lipinski definition) is 2. The van der Waals surface area contributed by atoms with Gasteiger partial charge in [-0.05, 0) is 36.6 Å². The van der Waals surface area contributed by atoms with Crippen LogP contribution >= 0.6 is 11.8 Å². The zero-order valence-corrected chi connectivity index (χ0v) is 12.2. The lowest BCUT2D eigenvalue weighted by Gasteiger charge is -2.27. The second-order valence-corrected chi connectivity index (χ2v) is 5.75. The zero-order valence-electron chi connectivity index (χ0n) is 11.4. The highest BCUT2D eigenvalue weighted by molar-refractivity contribution is 7.98. The lowest BCUT2D eigenvalue weighted by Crippen LogP contribution is -2.43. The Kier molecular flexibility index (Phi) is 5.25. The SMILES string of the molecule is CSCCC(N)C(=O)NC1CCOc2ccc(F)cc21. The van der Waals surface area contributed by atoms with Crippen molar-refractivity contribution in [3.05, 3.63) is 29.6 Å². The molecule has 1 amide bonds. The highest BCUT2D eigenvalue weighted by atomic mass is 32.2. The number of halogens is 1. The molecule has 0 aliphatic carbocycles. The summed E-state index contributed by atoms with van der Waals surface area (Å²) in [4.78, 5) is 12.0. The normalized spacial score (nSPS) is 18.9. The minimum Gasteiger partial charge on any atom is -0.493 e. The van der Waals surface area contributed by atoms with E-state index in [-0.39, 0.29) is 17.8 Å². The predicted octanol–water partition coefficient (Wildman–Crippen LogP) is 1.85. The number of amides is 1. The molecule has 1 aromatic carbocycles. The molecule has 0 spiro atoms. The van der Waals surface area contributed by atoms with Crippen molar-refractivity contribution in [3.8, 4) is 5.75 Å². The first-order chi connectivity index (χ1) is 9.61. The Morgan fingerprint density at radius 2 is 2.45 bits per heavy atom. The van der Waals surface area contributed by atoms with E-state index in [4.69, 9.17) is 10.5 Å². The Labute approximate surface area is 122 Å². The topological polar surface area (TPSA) is 64.4 Å². The van der Waals surface area contributed by atoms with Crippen LogP contribution in [0.5, 0.6) is 5.75 Å².